The van der Waals surface area contributed by atoms with Gasteiger partial charge in [0.25, 0.3) is 0 Å². The van der Waals surface area contributed by atoms with Gasteiger partial charge in [-0.05, 0) is 43.9 Å². The summed E-state index contributed by atoms with van der Waals surface area (Å²) in [6, 6.07) is -1.05. The van der Waals surface area contributed by atoms with Gasteiger partial charge in [0.05, 0.1) is 12.2 Å². The van der Waals surface area contributed by atoms with Crippen molar-refractivity contribution in [3.8, 4) is 0 Å². The number of rotatable bonds is 11. The summed E-state index contributed by atoms with van der Waals surface area (Å²) in [6.45, 7) is 28.5. The van der Waals surface area contributed by atoms with Gasteiger partial charge in [0.2, 0.25) is 5.91 Å². The van der Waals surface area contributed by atoms with E-state index in [0.29, 0.717) is 6.42 Å². The summed E-state index contributed by atoms with van der Waals surface area (Å²) >= 11 is 0. The lowest BCUT2D eigenvalue weighted by Gasteiger charge is -2.35. The topological polar surface area (TPSA) is 75.6 Å². The molecule has 0 aliphatic carbocycles. The molecule has 0 radical (unpaired) electrons. The number of aliphatic carboxylic acids is 1. The molecule has 0 rings (SSSR count). The van der Waals surface area contributed by atoms with E-state index in [1.165, 1.54) is 0 Å². The Balaban J connectivity index is -0.00000184. The van der Waals surface area contributed by atoms with Gasteiger partial charge in [-0.2, -0.15) is 0 Å². The minimum Gasteiger partial charge on any atom is -0.480 e. The third kappa shape index (κ3) is 17.2. The van der Waals surface area contributed by atoms with Crippen LogP contribution in [0.4, 0.5) is 0 Å². The number of ether oxygens (including phenoxy) is 1. The van der Waals surface area contributed by atoms with Gasteiger partial charge in [0, 0.05) is 5.41 Å². The molecule has 5 heteroatoms. The monoisotopic (exact) mass is 445 g/mol. The van der Waals surface area contributed by atoms with Crippen LogP contribution in [0, 0.1) is 16.2 Å². The van der Waals surface area contributed by atoms with Gasteiger partial charge in [-0.3, -0.25) is 4.79 Å². The summed E-state index contributed by atoms with van der Waals surface area (Å²) in [6.07, 6.45) is 3.42. The normalized spacial score (nSPS) is 13.2. The Morgan fingerprint density at radius 2 is 1.32 bits per heavy atom. The zero-order valence-corrected chi connectivity index (χ0v) is 23.3. The zero-order chi connectivity index (χ0) is 25.7. The van der Waals surface area contributed by atoms with E-state index in [1.807, 2.05) is 55.4 Å². The number of hydrogen-bond acceptors (Lipinski definition) is 3. The molecule has 0 fully saturated rings. The van der Waals surface area contributed by atoms with Crippen molar-refractivity contribution in [1.29, 1.82) is 0 Å². The Kier molecular flexibility index (Phi) is 16.6. The van der Waals surface area contributed by atoms with Gasteiger partial charge in [-0.15, -0.1) is 0 Å². The molecule has 0 aromatic carbocycles. The molecule has 5 nitrogen and oxygen atoms in total. The standard InChI is InChI=1S/C22H43NO4.2C2H6/c1-11-20(5,6)15-22(9,10)27-14-16(17(24)25)23-18(26)21(7,8)13-12-19(2,3)4;2*1-2/h16H,11-15H2,1-10H3,(H,23,26)(H,24,25);2*1-2H3. The minimum absolute atomic E-state index is 0.0385. The first-order valence-electron chi connectivity index (χ1n) is 12.1. The fraction of sp³-hybridized carbons (Fsp3) is 0.923. The second kappa shape index (κ2) is 14.9. The van der Waals surface area contributed by atoms with E-state index in [-0.39, 0.29) is 23.3 Å². The van der Waals surface area contributed by atoms with E-state index in [2.05, 4.69) is 46.9 Å². The first-order valence-corrected chi connectivity index (χ1v) is 12.1. The average molecular weight is 446 g/mol. The van der Waals surface area contributed by atoms with Crippen LogP contribution in [-0.2, 0) is 14.3 Å². The maximum Gasteiger partial charge on any atom is 0.328 e. The first kappa shape index (κ1) is 34.5. The predicted octanol–water partition coefficient (Wildman–Crippen LogP) is 7.08. The number of nitrogens with one attached hydrogen (secondary N) is 1. The van der Waals surface area contributed by atoms with Crippen molar-refractivity contribution in [2.45, 2.75) is 134 Å². The molecule has 0 saturated heterocycles. The van der Waals surface area contributed by atoms with Gasteiger partial charge >= 0.3 is 5.97 Å². The fourth-order valence-electron chi connectivity index (χ4n) is 2.97. The Bertz CT molecular complexity index is 502. The van der Waals surface area contributed by atoms with Crippen LogP contribution in [0.1, 0.15) is 123 Å². The number of carbonyl (C=O) groups excluding carboxylic acids is 1. The van der Waals surface area contributed by atoms with Crippen molar-refractivity contribution in [2.24, 2.45) is 16.2 Å². The third-order valence-electron chi connectivity index (χ3n) is 5.22. The predicted molar refractivity (Wildman–Crippen MR) is 133 cm³/mol. The SMILES string of the molecule is CC.CC.CCC(C)(C)CC(C)(C)OCC(NC(=O)C(C)(C)CCC(C)(C)C)C(=O)O. The quantitative estimate of drug-likeness (QED) is 0.356. The van der Waals surface area contributed by atoms with Crippen LogP contribution in [0.15, 0.2) is 0 Å². The Hall–Kier alpha value is -1.10. The first-order chi connectivity index (χ1) is 13.9. The number of carboxylic acids is 1. The van der Waals surface area contributed by atoms with Gasteiger partial charge < -0.3 is 15.2 Å². The molecule has 0 aliphatic rings. The zero-order valence-electron chi connectivity index (χ0n) is 23.3. The van der Waals surface area contributed by atoms with Gasteiger partial charge in [-0.25, -0.2) is 4.79 Å². The van der Waals surface area contributed by atoms with Crippen LogP contribution >= 0.6 is 0 Å². The lowest BCUT2D eigenvalue weighted by Crippen LogP contribution is -2.50. The highest BCUT2D eigenvalue weighted by Crippen LogP contribution is 2.33. The van der Waals surface area contributed by atoms with Crippen molar-refractivity contribution < 1.29 is 19.4 Å². The van der Waals surface area contributed by atoms with Crippen molar-refractivity contribution in [3.63, 3.8) is 0 Å². The maximum atomic E-state index is 12.7. The van der Waals surface area contributed by atoms with Crippen LogP contribution in [0.2, 0.25) is 0 Å². The van der Waals surface area contributed by atoms with Crippen LogP contribution < -0.4 is 5.32 Å². The molecule has 0 bridgehead atoms. The Labute approximate surface area is 194 Å². The number of carbonyl (C=O) groups is 2. The van der Waals surface area contributed by atoms with Crippen molar-refractivity contribution in [1.82, 2.24) is 5.32 Å². The summed E-state index contributed by atoms with van der Waals surface area (Å²) < 4.78 is 5.92. The molecule has 0 aromatic heterocycles. The highest BCUT2D eigenvalue weighted by atomic mass is 16.5. The summed E-state index contributed by atoms with van der Waals surface area (Å²) in [5.41, 5.74) is -0.843. The molecule has 188 valence electrons. The molecule has 1 unspecified atom stereocenters. The van der Waals surface area contributed by atoms with E-state index in [4.69, 9.17) is 4.74 Å². The van der Waals surface area contributed by atoms with Crippen molar-refractivity contribution in [3.05, 3.63) is 0 Å². The van der Waals surface area contributed by atoms with E-state index >= 15 is 0 Å². The van der Waals surface area contributed by atoms with Crippen molar-refractivity contribution in [2.75, 3.05) is 6.61 Å². The summed E-state index contributed by atoms with van der Waals surface area (Å²) in [5, 5.41) is 12.2. The van der Waals surface area contributed by atoms with Gasteiger partial charge in [0.15, 0.2) is 6.04 Å². The lowest BCUT2D eigenvalue weighted by atomic mass is 9.79. The minimum atomic E-state index is -1.07. The van der Waals surface area contributed by atoms with Crippen molar-refractivity contribution >= 4 is 11.9 Å². The molecule has 0 aliphatic heterocycles. The molecule has 0 spiro atoms. The van der Waals surface area contributed by atoms with Gasteiger partial charge in [-0.1, -0.05) is 89.5 Å². The summed E-state index contributed by atoms with van der Waals surface area (Å²) in [5.74, 6) is -1.31. The van der Waals surface area contributed by atoms with Crippen LogP contribution in [-0.4, -0.2) is 35.2 Å². The smallest absolute Gasteiger partial charge is 0.328 e. The Morgan fingerprint density at radius 3 is 1.68 bits per heavy atom. The largest absolute Gasteiger partial charge is 0.480 e. The van der Waals surface area contributed by atoms with E-state index in [1.54, 1.807) is 0 Å². The second-order valence-corrected chi connectivity index (χ2v) is 11.1. The van der Waals surface area contributed by atoms with Crippen LogP contribution in [0.25, 0.3) is 0 Å². The maximum absolute atomic E-state index is 12.7. The number of hydrogen-bond donors (Lipinski definition) is 2. The van der Waals surface area contributed by atoms with E-state index < -0.39 is 23.0 Å². The molecular weight excluding hydrogens is 390 g/mol. The van der Waals surface area contributed by atoms with E-state index in [0.717, 1.165) is 19.3 Å². The molecule has 31 heavy (non-hydrogen) atoms. The third-order valence-corrected chi connectivity index (χ3v) is 5.22. The average Bonchev–Trinajstić information content (AvgIpc) is 2.65. The second-order valence-electron chi connectivity index (χ2n) is 11.1. The lowest BCUT2D eigenvalue weighted by molar-refractivity contribution is -0.148. The number of carboxylic acid groups (broad SMARTS) is 1. The van der Waals surface area contributed by atoms with Crippen LogP contribution in [0.5, 0.6) is 0 Å². The summed E-state index contributed by atoms with van der Waals surface area (Å²) in [7, 11) is 0. The number of amides is 1. The molecule has 1 amide bonds. The molecule has 0 saturated carbocycles. The Morgan fingerprint density at radius 1 is 0.871 bits per heavy atom. The van der Waals surface area contributed by atoms with Gasteiger partial charge in [0.1, 0.15) is 0 Å². The highest BCUT2D eigenvalue weighted by molar-refractivity contribution is 5.87. The molecular formula is C26H55NO4. The highest BCUT2D eigenvalue weighted by Gasteiger charge is 2.34. The van der Waals surface area contributed by atoms with Crippen LogP contribution in [0.3, 0.4) is 0 Å². The molecule has 0 aromatic rings. The van der Waals surface area contributed by atoms with E-state index in [9.17, 15) is 14.7 Å². The molecule has 0 heterocycles. The fourth-order valence-corrected chi connectivity index (χ4v) is 2.97. The summed E-state index contributed by atoms with van der Waals surface area (Å²) in [4.78, 5) is 24.3. The molecule has 1 atom stereocenters. The molecule has 2 N–H and O–H groups in total.